The van der Waals surface area contributed by atoms with Crippen LogP contribution >= 0.6 is 0 Å². The van der Waals surface area contributed by atoms with Gasteiger partial charge in [0.25, 0.3) is 5.91 Å². The van der Waals surface area contributed by atoms with E-state index in [0.29, 0.717) is 12.2 Å². The van der Waals surface area contributed by atoms with Crippen LogP contribution in [0.2, 0.25) is 0 Å². The molecule has 1 aromatic heterocycles. The average molecular weight is 229 g/mol. The van der Waals surface area contributed by atoms with Gasteiger partial charge in [0.2, 0.25) is 0 Å². The predicted octanol–water partition coefficient (Wildman–Crippen LogP) is 2.28. The van der Waals surface area contributed by atoms with E-state index in [4.69, 9.17) is 0 Å². The number of hydrogen-bond acceptors (Lipinski definition) is 3. The molecule has 3 rings (SSSR count). The molecule has 0 saturated heterocycles. The van der Waals surface area contributed by atoms with Crippen LogP contribution in [-0.2, 0) is 4.79 Å². The fraction of sp³-hybridized carbons (Fsp3) is 0.462. The minimum Gasteiger partial charge on any atom is -0.272 e. The molecule has 2 heterocycles. The molecule has 1 aliphatic carbocycles. The van der Waals surface area contributed by atoms with E-state index in [9.17, 15) is 4.79 Å². The maximum atomic E-state index is 11.9. The van der Waals surface area contributed by atoms with Crippen LogP contribution in [0, 0.1) is 12.8 Å². The molecule has 1 aliphatic heterocycles. The lowest BCUT2D eigenvalue weighted by Crippen LogP contribution is -2.20. The lowest BCUT2D eigenvalue weighted by Gasteiger charge is -2.10. The van der Waals surface area contributed by atoms with Crippen molar-refractivity contribution < 1.29 is 4.79 Å². The van der Waals surface area contributed by atoms with E-state index in [1.807, 2.05) is 19.1 Å². The van der Waals surface area contributed by atoms with Crippen molar-refractivity contribution in [3.8, 4) is 0 Å². The highest BCUT2D eigenvalue weighted by Gasteiger charge is 2.30. The second kappa shape index (κ2) is 3.95. The third-order valence-corrected chi connectivity index (χ3v) is 3.17. The van der Waals surface area contributed by atoms with Gasteiger partial charge in [0.05, 0.1) is 6.42 Å². The van der Waals surface area contributed by atoms with Gasteiger partial charge in [0.15, 0.2) is 5.82 Å². The molecule has 2 aliphatic rings. The molecule has 88 valence electrons. The molecular weight excluding hydrogens is 214 g/mol. The number of nitrogens with zero attached hydrogens (tertiary/aromatic N) is 3. The van der Waals surface area contributed by atoms with Crippen molar-refractivity contribution in [2.24, 2.45) is 11.0 Å². The van der Waals surface area contributed by atoms with Crippen molar-refractivity contribution >= 4 is 17.4 Å². The molecule has 1 aromatic rings. The molecule has 4 heteroatoms. The predicted molar refractivity (Wildman–Crippen MR) is 65.9 cm³/mol. The molecule has 0 bridgehead atoms. The van der Waals surface area contributed by atoms with Crippen LogP contribution in [0.1, 0.15) is 31.2 Å². The van der Waals surface area contributed by atoms with E-state index in [1.165, 1.54) is 17.9 Å². The number of aryl methyl sites for hydroxylation is 1. The zero-order valence-corrected chi connectivity index (χ0v) is 9.89. The smallest absolute Gasteiger partial charge is 0.254 e. The summed E-state index contributed by atoms with van der Waals surface area (Å²) in [6.45, 7) is 1.99. The van der Waals surface area contributed by atoms with E-state index in [0.717, 1.165) is 23.6 Å². The molecule has 4 nitrogen and oxygen atoms in total. The first-order valence-corrected chi connectivity index (χ1v) is 6.04. The van der Waals surface area contributed by atoms with Crippen LogP contribution in [0.5, 0.6) is 0 Å². The van der Waals surface area contributed by atoms with Crippen molar-refractivity contribution in [1.29, 1.82) is 0 Å². The third kappa shape index (κ3) is 2.20. The normalized spacial score (nSPS) is 19.7. The van der Waals surface area contributed by atoms with Crippen LogP contribution in [0.3, 0.4) is 0 Å². The summed E-state index contributed by atoms with van der Waals surface area (Å²) in [6.07, 6.45) is 5.73. The van der Waals surface area contributed by atoms with E-state index in [2.05, 4.69) is 10.1 Å². The highest BCUT2D eigenvalue weighted by Crippen LogP contribution is 2.34. The Kier molecular flexibility index (Phi) is 2.42. The maximum absolute atomic E-state index is 11.9. The Morgan fingerprint density at radius 2 is 2.29 bits per heavy atom. The largest absolute Gasteiger partial charge is 0.272 e. The summed E-state index contributed by atoms with van der Waals surface area (Å²) in [5, 5.41) is 5.85. The molecule has 1 saturated carbocycles. The van der Waals surface area contributed by atoms with Crippen molar-refractivity contribution in [2.75, 3.05) is 5.01 Å². The summed E-state index contributed by atoms with van der Waals surface area (Å²) in [7, 11) is 0. The number of aromatic nitrogens is 1. The fourth-order valence-corrected chi connectivity index (χ4v) is 2.07. The number of anilines is 1. The Morgan fingerprint density at radius 1 is 1.47 bits per heavy atom. The molecule has 0 spiro atoms. The molecule has 0 atom stereocenters. The molecular formula is C13H15N3O. The van der Waals surface area contributed by atoms with Crippen LogP contribution in [0.25, 0.3) is 0 Å². The number of amides is 1. The first kappa shape index (κ1) is 10.4. The van der Waals surface area contributed by atoms with Crippen molar-refractivity contribution in [2.45, 2.75) is 32.6 Å². The van der Waals surface area contributed by atoms with Gasteiger partial charge in [0.1, 0.15) is 0 Å². The van der Waals surface area contributed by atoms with Gasteiger partial charge in [-0.25, -0.2) is 4.98 Å². The SMILES string of the molecule is Cc1ccnc(N2N=C(CC3CC3)CC2=O)c1. The van der Waals surface area contributed by atoms with Gasteiger partial charge in [-0.05, 0) is 49.8 Å². The summed E-state index contributed by atoms with van der Waals surface area (Å²) in [5.41, 5.74) is 2.11. The van der Waals surface area contributed by atoms with Crippen molar-refractivity contribution in [1.82, 2.24) is 4.98 Å². The van der Waals surface area contributed by atoms with Crippen LogP contribution in [0.4, 0.5) is 5.82 Å². The number of hydrazone groups is 1. The monoisotopic (exact) mass is 229 g/mol. The van der Waals surface area contributed by atoms with Crippen molar-refractivity contribution in [3.05, 3.63) is 23.9 Å². The van der Waals surface area contributed by atoms with Crippen LogP contribution < -0.4 is 5.01 Å². The molecule has 0 aromatic carbocycles. The second-order valence-corrected chi connectivity index (χ2v) is 4.89. The van der Waals surface area contributed by atoms with E-state index >= 15 is 0 Å². The highest BCUT2D eigenvalue weighted by molar-refractivity contribution is 6.12. The first-order chi connectivity index (χ1) is 8.22. The lowest BCUT2D eigenvalue weighted by atomic mass is 10.1. The zero-order valence-electron chi connectivity index (χ0n) is 9.89. The van der Waals surface area contributed by atoms with E-state index in [-0.39, 0.29) is 5.91 Å². The van der Waals surface area contributed by atoms with Crippen molar-refractivity contribution in [3.63, 3.8) is 0 Å². The number of carbonyl (C=O) groups excluding carboxylic acids is 1. The number of carbonyl (C=O) groups is 1. The maximum Gasteiger partial charge on any atom is 0.254 e. The summed E-state index contributed by atoms with van der Waals surface area (Å²) in [4.78, 5) is 16.1. The molecule has 0 unspecified atom stereocenters. The molecule has 17 heavy (non-hydrogen) atoms. The Balaban J connectivity index is 1.82. The van der Waals surface area contributed by atoms with Crippen LogP contribution in [0.15, 0.2) is 23.4 Å². The van der Waals surface area contributed by atoms with E-state index in [1.54, 1.807) is 6.20 Å². The second-order valence-electron chi connectivity index (χ2n) is 4.89. The van der Waals surface area contributed by atoms with Crippen LogP contribution in [-0.4, -0.2) is 16.6 Å². The van der Waals surface area contributed by atoms with Gasteiger partial charge in [-0.15, -0.1) is 0 Å². The van der Waals surface area contributed by atoms with Gasteiger partial charge < -0.3 is 0 Å². The lowest BCUT2D eigenvalue weighted by molar-refractivity contribution is -0.116. The zero-order chi connectivity index (χ0) is 11.8. The molecule has 1 fully saturated rings. The number of hydrogen-bond donors (Lipinski definition) is 0. The summed E-state index contributed by atoms with van der Waals surface area (Å²) in [6, 6.07) is 3.81. The van der Waals surface area contributed by atoms with Gasteiger partial charge >= 0.3 is 0 Å². The molecule has 0 radical (unpaired) electrons. The quantitative estimate of drug-likeness (QED) is 0.798. The summed E-state index contributed by atoms with van der Waals surface area (Å²) >= 11 is 0. The number of pyridine rings is 1. The Bertz CT molecular complexity index is 491. The minimum atomic E-state index is 0.0405. The highest BCUT2D eigenvalue weighted by atomic mass is 16.2. The van der Waals surface area contributed by atoms with E-state index < -0.39 is 0 Å². The molecule has 1 amide bonds. The first-order valence-electron chi connectivity index (χ1n) is 6.04. The van der Waals surface area contributed by atoms with Gasteiger partial charge in [0, 0.05) is 11.9 Å². The summed E-state index contributed by atoms with van der Waals surface area (Å²) in [5.74, 6) is 1.45. The molecule has 0 N–H and O–H groups in total. The number of rotatable bonds is 3. The summed E-state index contributed by atoms with van der Waals surface area (Å²) < 4.78 is 0. The Hall–Kier alpha value is -1.71. The Labute approximate surface area is 100 Å². The fourth-order valence-electron chi connectivity index (χ4n) is 2.07. The van der Waals surface area contributed by atoms with Gasteiger partial charge in [-0.3, -0.25) is 4.79 Å². The topological polar surface area (TPSA) is 45.6 Å². The Morgan fingerprint density at radius 3 is 3.00 bits per heavy atom. The van der Waals surface area contributed by atoms with Gasteiger partial charge in [-0.2, -0.15) is 10.1 Å². The van der Waals surface area contributed by atoms with Gasteiger partial charge in [-0.1, -0.05) is 0 Å². The standard InChI is InChI=1S/C13H15N3O/c1-9-4-5-14-12(6-9)16-13(17)8-11(15-16)7-10-2-3-10/h4-6,10H,2-3,7-8H2,1H3. The third-order valence-electron chi connectivity index (χ3n) is 3.17. The minimum absolute atomic E-state index is 0.0405. The average Bonchev–Trinajstić information content (AvgIpc) is 3.01.